The summed E-state index contributed by atoms with van der Waals surface area (Å²) in [7, 11) is 1.67. The Bertz CT molecular complexity index is 623. The number of hydrogen-bond donors (Lipinski definition) is 1. The van der Waals surface area contributed by atoms with Crippen molar-refractivity contribution in [3.8, 4) is 5.75 Å². The van der Waals surface area contributed by atoms with Crippen molar-refractivity contribution in [1.29, 1.82) is 0 Å². The van der Waals surface area contributed by atoms with Gasteiger partial charge in [0.25, 0.3) is 0 Å². The van der Waals surface area contributed by atoms with E-state index < -0.39 is 0 Å². The second-order valence-electron chi connectivity index (χ2n) is 5.41. The molecule has 1 N–H and O–H groups in total. The lowest BCUT2D eigenvalue weighted by molar-refractivity contribution is 0.374. The molecule has 0 spiro atoms. The molecule has 0 aliphatic heterocycles. The summed E-state index contributed by atoms with van der Waals surface area (Å²) in [6.07, 6.45) is 2.27. The summed E-state index contributed by atoms with van der Waals surface area (Å²) in [5, 5.41) is 4.25. The predicted octanol–water partition coefficient (Wildman–Crippen LogP) is 5.47. The van der Waals surface area contributed by atoms with Gasteiger partial charge in [0.1, 0.15) is 5.75 Å². The fourth-order valence-corrected chi connectivity index (χ4v) is 3.14. The van der Waals surface area contributed by atoms with Crippen molar-refractivity contribution in [2.45, 2.75) is 24.8 Å². The minimum absolute atomic E-state index is 0.475. The van der Waals surface area contributed by atoms with E-state index in [0.717, 1.165) is 33.8 Å². The molecule has 4 heteroatoms. The number of ether oxygens (including phenoxy) is 1. The third-order valence-corrected chi connectivity index (χ3v) is 4.87. The van der Waals surface area contributed by atoms with Gasteiger partial charge in [-0.2, -0.15) is 0 Å². The van der Waals surface area contributed by atoms with Gasteiger partial charge in [-0.05, 0) is 48.6 Å². The highest BCUT2D eigenvalue weighted by Gasteiger charge is 2.30. The van der Waals surface area contributed by atoms with Crippen LogP contribution in [-0.2, 0) is 0 Å². The largest absolute Gasteiger partial charge is 0.497 e. The third-order valence-electron chi connectivity index (χ3n) is 4.01. The number of hydrogen-bond acceptors (Lipinski definition) is 2. The molecule has 0 bridgehead atoms. The van der Waals surface area contributed by atoms with Crippen molar-refractivity contribution < 1.29 is 4.74 Å². The summed E-state index contributed by atoms with van der Waals surface area (Å²) in [4.78, 5) is 0. The van der Waals surface area contributed by atoms with E-state index in [9.17, 15) is 0 Å². The van der Waals surface area contributed by atoms with Gasteiger partial charge in [0.2, 0.25) is 0 Å². The Balaban J connectivity index is 1.61. The Labute approximate surface area is 138 Å². The van der Waals surface area contributed by atoms with Gasteiger partial charge in [-0.1, -0.05) is 39.7 Å². The first-order chi connectivity index (χ1) is 10.2. The molecule has 21 heavy (non-hydrogen) atoms. The Morgan fingerprint density at radius 3 is 2.52 bits per heavy atom. The first-order valence-electron chi connectivity index (χ1n) is 7.01. The van der Waals surface area contributed by atoms with E-state index in [2.05, 4.69) is 45.5 Å². The first-order valence-corrected chi connectivity index (χ1v) is 8.18. The van der Waals surface area contributed by atoms with Crippen LogP contribution in [0.4, 0.5) is 5.69 Å². The fourth-order valence-electron chi connectivity index (χ4n) is 2.70. The van der Waals surface area contributed by atoms with Gasteiger partial charge in [0.15, 0.2) is 0 Å². The summed E-state index contributed by atoms with van der Waals surface area (Å²) < 4.78 is 6.37. The average molecular weight is 367 g/mol. The SMILES string of the molecule is COc1ccc(Cl)c(NC2CC(c3ccc(Br)cc3)C2)c1. The molecule has 1 fully saturated rings. The maximum absolute atomic E-state index is 6.23. The van der Waals surface area contributed by atoms with Crippen LogP contribution in [-0.4, -0.2) is 13.2 Å². The van der Waals surface area contributed by atoms with Gasteiger partial charge in [-0.3, -0.25) is 0 Å². The number of rotatable bonds is 4. The standard InChI is InChI=1S/C17H17BrClNO/c1-21-15-6-7-16(19)17(10-15)20-14-8-12(9-14)11-2-4-13(18)5-3-11/h2-7,10,12,14,20H,8-9H2,1H3. The Hall–Kier alpha value is -1.19. The van der Waals surface area contributed by atoms with E-state index >= 15 is 0 Å². The van der Waals surface area contributed by atoms with E-state index in [0.29, 0.717) is 12.0 Å². The quantitative estimate of drug-likeness (QED) is 0.774. The lowest BCUT2D eigenvalue weighted by Gasteiger charge is -2.37. The van der Waals surface area contributed by atoms with Crippen LogP contribution in [0.2, 0.25) is 5.02 Å². The van der Waals surface area contributed by atoms with Crippen LogP contribution in [0.25, 0.3) is 0 Å². The van der Waals surface area contributed by atoms with Gasteiger partial charge >= 0.3 is 0 Å². The van der Waals surface area contributed by atoms with Crippen LogP contribution in [0.3, 0.4) is 0 Å². The minimum Gasteiger partial charge on any atom is -0.497 e. The monoisotopic (exact) mass is 365 g/mol. The molecule has 0 saturated heterocycles. The first kappa shape index (κ1) is 14.7. The number of halogens is 2. The van der Waals surface area contributed by atoms with Crippen LogP contribution in [0, 0.1) is 0 Å². The smallest absolute Gasteiger partial charge is 0.121 e. The van der Waals surface area contributed by atoms with Crippen LogP contribution >= 0.6 is 27.5 Å². The van der Waals surface area contributed by atoms with Gasteiger partial charge in [-0.15, -0.1) is 0 Å². The van der Waals surface area contributed by atoms with Crippen LogP contribution in [0.1, 0.15) is 24.3 Å². The maximum Gasteiger partial charge on any atom is 0.121 e. The average Bonchev–Trinajstić information content (AvgIpc) is 2.45. The highest BCUT2D eigenvalue weighted by Crippen LogP contribution is 2.40. The van der Waals surface area contributed by atoms with Gasteiger partial charge < -0.3 is 10.1 Å². The van der Waals surface area contributed by atoms with Crippen LogP contribution in [0.5, 0.6) is 5.75 Å². The summed E-state index contributed by atoms with van der Waals surface area (Å²) in [6.45, 7) is 0. The number of benzene rings is 2. The van der Waals surface area contributed by atoms with Crippen molar-refractivity contribution >= 4 is 33.2 Å². The van der Waals surface area contributed by atoms with Crippen molar-refractivity contribution in [1.82, 2.24) is 0 Å². The van der Waals surface area contributed by atoms with Crippen molar-refractivity contribution in [3.63, 3.8) is 0 Å². The Kier molecular flexibility index (Phi) is 4.41. The zero-order chi connectivity index (χ0) is 14.8. The predicted molar refractivity (Wildman–Crippen MR) is 91.5 cm³/mol. The lowest BCUT2D eigenvalue weighted by atomic mass is 9.76. The van der Waals surface area contributed by atoms with Gasteiger partial charge in [-0.25, -0.2) is 0 Å². The summed E-state index contributed by atoms with van der Waals surface area (Å²) in [5.41, 5.74) is 2.36. The molecule has 0 aromatic heterocycles. The molecular weight excluding hydrogens is 350 g/mol. The molecule has 1 aliphatic carbocycles. The van der Waals surface area contributed by atoms with Gasteiger partial charge in [0.05, 0.1) is 17.8 Å². The van der Waals surface area contributed by atoms with Crippen molar-refractivity contribution in [3.05, 3.63) is 57.5 Å². The van der Waals surface area contributed by atoms with Crippen LogP contribution in [0.15, 0.2) is 46.9 Å². The fraction of sp³-hybridized carbons (Fsp3) is 0.294. The number of nitrogens with one attached hydrogen (secondary N) is 1. The molecule has 2 aromatic carbocycles. The minimum atomic E-state index is 0.475. The topological polar surface area (TPSA) is 21.3 Å². The summed E-state index contributed by atoms with van der Waals surface area (Å²) in [5.74, 6) is 1.46. The maximum atomic E-state index is 6.23. The molecular formula is C17H17BrClNO. The molecule has 110 valence electrons. The van der Waals surface area contributed by atoms with E-state index in [-0.39, 0.29) is 0 Å². The normalized spacial score (nSPS) is 20.7. The highest BCUT2D eigenvalue weighted by atomic mass is 79.9. The van der Waals surface area contributed by atoms with E-state index in [4.69, 9.17) is 16.3 Å². The van der Waals surface area contributed by atoms with E-state index in [1.807, 2.05) is 18.2 Å². The molecule has 2 nitrogen and oxygen atoms in total. The summed E-state index contributed by atoms with van der Waals surface area (Å²) in [6, 6.07) is 14.8. The second kappa shape index (κ2) is 6.29. The molecule has 1 saturated carbocycles. The second-order valence-corrected chi connectivity index (χ2v) is 6.73. The van der Waals surface area contributed by atoms with Gasteiger partial charge in [0, 0.05) is 16.6 Å². The zero-order valence-electron chi connectivity index (χ0n) is 11.8. The van der Waals surface area contributed by atoms with Crippen molar-refractivity contribution in [2.24, 2.45) is 0 Å². The molecule has 2 aromatic rings. The Morgan fingerprint density at radius 2 is 1.86 bits per heavy atom. The Morgan fingerprint density at radius 1 is 1.14 bits per heavy atom. The van der Waals surface area contributed by atoms with E-state index in [1.54, 1.807) is 7.11 Å². The lowest BCUT2D eigenvalue weighted by Crippen LogP contribution is -2.34. The zero-order valence-corrected chi connectivity index (χ0v) is 14.1. The number of anilines is 1. The van der Waals surface area contributed by atoms with E-state index in [1.165, 1.54) is 5.56 Å². The molecule has 0 heterocycles. The molecule has 1 aliphatic rings. The van der Waals surface area contributed by atoms with Crippen LogP contribution < -0.4 is 10.1 Å². The molecule has 3 rings (SSSR count). The molecule has 0 amide bonds. The molecule has 0 atom stereocenters. The summed E-state index contributed by atoms with van der Waals surface area (Å²) >= 11 is 9.70. The molecule has 0 radical (unpaired) electrons. The molecule has 0 unspecified atom stereocenters. The number of methoxy groups -OCH3 is 1. The third kappa shape index (κ3) is 3.35. The highest BCUT2D eigenvalue weighted by molar-refractivity contribution is 9.10. The van der Waals surface area contributed by atoms with Crippen molar-refractivity contribution in [2.75, 3.05) is 12.4 Å².